The molecule has 0 amide bonds. The lowest BCUT2D eigenvalue weighted by Gasteiger charge is -2.12. The van der Waals surface area contributed by atoms with Gasteiger partial charge in [-0.1, -0.05) is 23.2 Å². The molecular formula is C10H10Cl2N2O4S. The van der Waals surface area contributed by atoms with Crippen LogP contribution in [0.4, 0.5) is 5.69 Å². The van der Waals surface area contributed by atoms with Crippen LogP contribution in [0.2, 0.25) is 10.0 Å². The average molecular weight is 325 g/mol. The van der Waals surface area contributed by atoms with Gasteiger partial charge >= 0.3 is 5.97 Å². The number of carboxylic acids is 1. The lowest BCUT2D eigenvalue weighted by molar-refractivity contribution is 0.0697. The third-order valence-corrected chi connectivity index (χ3v) is 4.14. The van der Waals surface area contributed by atoms with Crippen LogP contribution in [-0.4, -0.2) is 25.5 Å². The van der Waals surface area contributed by atoms with E-state index >= 15 is 0 Å². The summed E-state index contributed by atoms with van der Waals surface area (Å²) in [4.78, 5) is 10.8. The van der Waals surface area contributed by atoms with Gasteiger partial charge in [-0.25, -0.2) is 4.79 Å². The van der Waals surface area contributed by atoms with Crippen LogP contribution in [0.5, 0.6) is 0 Å². The van der Waals surface area contributed by atoms with Crippen LogP contribution in [0.3, 0.4) is 0 Å². The smallest absolute Gasteiger partial charge is 0.335 e. The van der Waals surface area contributed by atoms with Gasteiger partial charge in [-0.2, -0.15) is 13.1 Å². The third-order valence-electron chi connectivity index (χ3n) is 2.42. The number of benzene rings is 1. The molecule has 0 aliphatic heterocycles. The van der Waals surface area contributed by atoms with E-state index in [4.69, 9.17) is 28.3 Å². The molecule has 0 unspecified atom stereocenters. The third kappa shape index (κ3) is 3.73. The first-order valence-electron chi connectivity index (χ1n) is 5.31. The summed E-state index contributed by atoms with van der Waals surface area (Å²) in [6.45, 7) is 0. The first-order chi connectivity index (χ1) is 8.78. The number of halogens is 2. The van der Waals surface area contributed by atoms with E-state index in [0.29, 0.717) is 0 Å². The molecule has 9 heteroatoms. The molecule has 0 aromatic heterocycles. The number of carboxylic acid groups (broad SMARTS) is 1. The predicted octanol–water partition coefficient (Wildman–Crippen LogP) is 2.10. The van der Waals surface area contributed by atoms with E-state index in [0.717, 1.165) is 25.0 Å². The first-order valence-corrected chi connectivity index (χ1v) is 7.55. The molecular weight excluding hydrogens is 315 g/mol. The molecule has 3 N–H and O–H groups in total. The molecule has 0 saturated heterocycles. The van der Waals surface area contributed by atoms with Crippen molar-refractivity contribution in [1.29, 1.82) is 0 Å². The van der Waals surface area contributed by atoms with Crippen molar-refractivity contribution in [2.24, 2.45) is 0 Å². The van der Waals surface area contributed by atoms with Gasteiger partial charge < -0.3 is 5.11 Å². The van der Waals surface area contributed by atoms with Gasteiger partial charge in [-0.3, -0.25) is 4.72 Å². The summed E-state index contributed by atoms with van der Waals surface area (Å²) in [5.41, 5.74) is -0.158. The maximum atomic E-state index is 11.7. The molecule has 0 atom stereocenters. The second-order valence-corrected chi connectivity index (χ2v) is 6.38. The van der Waals surface area contributed by atoms with Crippen LogP contribution in [-0.2, 0) is 10.2 Å². The summed E-state index contributed by atoms with van der Waals surface area (Å²) in [5.74, 6) is -1.20. The molecule has 0 heterocycles. The average Bonchev–Trinajstić information content (AvgIpc) is 3.06. The highest BCUT2D eigenvalue weighted by molar-refractivity contribution is 7.90. The van der Waals surface area contributed by atoms with Gasteiger partial charge in [0.1, 0.15) is 0 Å². The molecule has 2 rings (SSSR count). The van der Waals surface area contributed by atoms with E-state index in [1.165, 1.54) is 0 Å². The topological polar surface area (TPSA) is 95.5 Å². The monoisotopic (exact) mass is 324 g/mol. The SMILES string of the molecule is O=C(O)c1cc(Cl)c(NS(=O)(=O)NC2CC2)c(Cl)c1. The van der Waals surface area contributed by atoms with Crippen LogP contribution >= 0.6 is 23.2 Å². The van der Waals surface area contributed by atoms with Gasteiger partial charge in [0, 0.05) is 6.04 Å². The Morgan fingerprint density at radius 2 is 1.79 bits per heavy atom. The van der Waals surface area contributed by atoms with Crippen molar-refractivity contribution in [3.8, 4) is 0 Å². The lowest BCUT2D eigenvalue weighted by atomic mass is 10.2. The van der Waals surface area contributed by atoms with E-state index in [1.54, 1.807) is 0 Å². The summed E-state index contributed by atoms with van der Waals surface area (Å²) >= 11 is 11.7. The van der Waals surface area contributed by atoms with Crippen molar-refractivity contribution in [3.63, 3.8) is 0 Å². The first kappa shape index (κ1) is 14.4. The Morgan fingerprint density at radius 3 is 2.21 bits per heavy atom. The number of nitrogens with one attached hydrogen (secondary N) is 2. The Balaban J connectivity index is 2.27. The number of rotatable bonds is 5. The Hall–Kier alpha value is -1.02. The molecule has 1 aromatic rings. The zero-order valence-corrected chi connectivity index (χ0v) is 11.8. The van der Waals surface area contributed by atoms with Crippen LogP contribution in [0, 0.1) is 0 Å². The Bertz CT molecular complexity index is 605. The molecule has 104 valence electrons. The summed E-state index contributed by atoms with van der Waals surface area (Å²) in [6, 6.07) is 2.20. The van der Waals surface area contributed by atoms with Gasteiger partial charge in [-0.15, -0.1) is 0 Å². The summed E-state index contributed by atoms with van der Waals surface area (Å²) in [6.07, 6.45) is 1.58. The van der Waals surface area contributed by atoms with E-state index < -0.39 is 16.2 Å². The number of hydrogen-bond donors (Lipinski definition) is 3. The van der Waals surface area contributed by atoms with Crippen LogP contribution in [0.15, 0.2) is 12.1 Å². The van der Waals surface area contributed by atoms with Crippen LogP contribution in [0.25, 0.3) is 0 Å². The quantitative estimate of drug-likeness (QED) is 0.772. The Labute approximate surface area is 119 Å². The van der Waals surface area contributed by atoms with Crippen molar-refractivity contribution >= 4 is 45.1 Å². The highest BCUT2D eigenvalue weighted by Crippen LogP contribution is 2.33. The Kier molecular flexibility index (Phi) is 3.91. The van der Waals surface area contributed by atoms with Crippen LogP contribution < -0.4 is 9.44 Å². The van der Waals surface area contributed by atoms with Crippen molar-refractivity contribution in [2.75, 3.05) is 4.72 Å². The van der Waals surface area contributed by atoms with Crippen molar-refractivity contribution < 1.29 is 18.3 Å². The van der Waals surface area contributed by atoms with Gasteiger partial charge in [0.25, 0.3) is 10.2 Å². The summed E-state index contributed by atoms with van der Waals surface area (Å²) in [7, 11) is -3.77. The maximum Gasteiger partial charge on any atom is 0.335 e. The number of anilines is 1. The molecule has 1 aromatic carbocycles. The maximum absolute atomic E-state index is 11.7. The number of aromatic carboxylic acids is 1. The fraction of sp³-hybridized carbons (Fsp3) is 0.300. The standard InChI is InChI=1S/C10H10Cl2N2O4S/c11-7-3-5(10(15)16)4-8(12)9(7)14-19(17,18)13-6-1-2-6/h3-4,6,13-14H,1-2H2,(H,15,16). The fourth-order valence-corrected chi connectivity index (χ4v) is 3.29. The van der Waals surface area contributed by atoms with Gasteiger partial charge in [-0.05, 0) is 25.0 Å². The van der Waals surface area contributed by atoms with Crippen molar-refractivity contribution in [2.45, 2.75) is 18.9 Å². The highest BCUT2D eigenvalue weighted by atomic mass is 35.5. The molecule has 1 aliphatic rings. The minimum absolute atomic E-state index is 0.0403. The highest BCUT2D eigenvalue weighted by Gasteiger charge is 2.27. The molecule has 1 fully saturated rings. The normalized spacial score (nSPS) is 15.3. The molecule has 0 spiro atoms. The lowest BCUT2D eigenvalue weighted by Crippen LogP contribution is -2.32. The van der Waals surface area contributed by atoms with E-state index in [1.807, 2.05) is 0 Å². The molecule has 1 saturated carbocycles. The van der Waals surface area contributed by atoms with Gasteiger partial charge in [0.15, 0.2) is 0 Å². The minimum Gasteiger partial charge on any atom is -0.478 e. The van der Waals surface area contributed by atoms with Gasteiger partial charge in [0.2, 0.25) is 0 Å². The zero-order chi connectivity index (χ0) is 14.2. The van der Waals surface area contributed by atoms with E-state index in [-0.39, 0.29) is 27.3 Å². The van der Waals surface area contributed by atoms with Gasteiger partial charge in [0.05, 0.1) is 21.3 Å². The second kappa shape index (κ2) is 5.16. The number of hydrogen-bond acceptors (Lipinski definition) is 3. The van der Waals surface area contributed by atoms with Crippen molar-refractivity contribution in [3.05, 3.63) is 27.7 Å². The molecule has 0 bridgehead atoms. The molecule has 6 nitrogen and oxygen atoms in total. The van der Waals surface area contributed by atoms with E-state index in [9.17, 15) is 13.2 Å². The minimum atomic E-state index is -3.77. The van der Waals surface area contributed by atoms with E-state index in [2.05, 4.69) is 9.44 Å². The summed E-state index contributed by atoms with van der Waals surface area (Å²) < 4.78 is 28.0. The largest absolute Gasteiger partial charge is 0.478 e. The fourth-order valence-electron chi connectivity index (χ4n) is 1.38. The molecule has 1 aliphatic carbocycles. The van der Waals surface area contributed by atoms with Crippen LogP contribution in [0.1, 0.15) is 23.2 Å². The second-order valence-electron chi connectivity index (χ2n) is 4.12. The Morgan fingerprint density at radius 1 is 1.26 bits per heavy atom. The summed E-state index contributed by atoms with van der Waals surface area (Å²) in [5, 5.41) is 8.66. The molecule has 19 heavy (non-hydrogen) atoms. The molecule has 0 radical (unpaired) electrons. The zero-order valence-electron chi connectivity index (χ0n) is 9.48. The predicted molar refractivity (Wildman–Crippen MR) is 72.1 cm³/mol. The number of carbonyl (C=O) groups is 1. The van der Waals surface area contributed by atoms with Crippen molar-refractivity contribution in [1.82, 2.24) is 4.72 Å².